The Kier molecular flexibility index (Phi) is 4.54. The Hall–Kier alpha value is -1.02. The molecule has 0 aromatic heterocycles. The number of hydrogen-bond acceptors (Lipinski definition) is 4. The summed E-state index contributed by atoms with van der Waals surface area (Å²) in [6.07, 6.45) is 3.65. The maximum atomic E-state index is 11.9. The third kappa shape index (κ3) is 2.96. The van der Waals surface area contributed by atoms with Gasteiger partial charge in [-0.25, -0.2) is 0 Å². The molecule has 3 rings (SSSR count). The van der Waals surface area contributed by atoms with Crippen molar-refractivity contribution in [3.05, 3.63) is 47.0 Å². The summed E-state index contributed by atoms with van der Waals surface area (Å²) in [7, 11) is 0. The molecule has 2 aliphatic heterocycles. The predicted molar refractivity (Wildman–Crippen MR) is 86.9 cm³/mol. The molecule has 5 heteroatoms. The number of anilines is 1. The van der Waals surface area contributed by atoms with E-state index in [9.17, 15) is 9.59 Å². The number of ketones is 2. The minimum atomic E-state index is -0.411. The summed E-state index contributed by atoms with van der Waals surface area (Å²) < 4.78 is 1.24. The first-order valence-electron chi connectivity index (χ1n) is 6.81. The van der Waals surface area contributed by atoms with E-state index in [4.69, 9.17) is 0 Å². The molecule has 0 N–H and O–H groups in total. The molecule has 0 spiro atoms. The van der Waals surface area contributed by atoms with Crippen molar-refractivity contribution in [3.63, 3.8) is 0 Å². The summed E-state index contributed by atoms with van der Waals surface area (Å²) in [5.74, 6) is 0.0723. The number of nitrogens with zero attached hydrogens (tertiary/aromatic N) is 1. The first kappa shape index (κ1) is 14.9. The van der Waals surface area contributed by atoms with Crippen LogP contribution in [0.15, 0.2) is 51.9 Å². The van der Waals surface area contributed by atoms with Gasteiger partial charge in [-0.3, -0.25) is 0 Å². The summed E-state index contributed by atoms with van der Waals surface area (Å²) >= 11 is 1.28. The average molecular weight is 413 g/mol. The van der Waals surface area contributed by atoms with Crippen LogP contribution in [0.25, 0.3) is 0 Å². The summed E-state index contributed by atoms with van der Waals surface area (Å²) in [4.78, 5) is 27.2. The molecule has 0 amide bonds. The molecule has 21 heavy (non-hydrogen) atoms. The molecule has 0 unspecified atom stereocenters. The topological polar surface area (TPSA) is 37.4 Å². The molecule has 1 aromatic carbocycles. The van der Waals surface area contributed by atoms with Gasteiger partial charge >= 0.3 is 139 Å². The van der Waals surface area contributed by atoms with Crippen molar-refractivity contribution >= 4 is 49.9 Å². The fourth-order valence-corrected chi connectivity index (χ4v) is 5.76. The van der Waals surface area contributed by atoms with E-state index >= 15 is 0 Å². The first-order valence-corrected chi connectivity index (χ1v) is 10.9. The molecule has 0 radical (unpaired) electrons. The van der Waals surface area contributed by atoms with Crippen molar-refractivity contribution < 1.29 is 9.59 Å². The number of Topliss-reactive ketones (excluding diaryl/α,β-unsaturated/α-hetero) is 2. The summed E-state index contributed by atoms with van der Waals surface area (Å²) in [6.45, 7) is 2.97. The Balaban J connectivity index is 1.91. The molecule has 1 saturated heterocycles. The zero-order valence-corrected chi connectivity index (χ0v) is 14.8. The van der Waals surface area contributed by atoms with Gasteiger partial charge in [0.2, 0.25) is 0 Å². The van der Waals surface area contributed by atoms with Gasteiger partial charge in [0, 0.05) is 0 Å². The van der Waals surface area contributed by atoms with Crippen molar-refractivity contribution in [2.45, 2.75) is 20.8 Å². The van der Waals surface area contributed by atoms with Crippen LogP contribution < -0.4 is 4.90 Å². The van der Waals surface area contributed by atoms with Gasteiger partial charge in [0.1, 0.15) is 0 Å². The molecule has 3 nitrogen and oxygen atoms in total. The SMILES string of the molecule is CCN1C(=CC=C2C(=O)C[Te]CC2=O)Sc2ccccc21. The Bertz CT molecular complexity index is 648. The van der Waals surface area contributed by atoms with Crippen LogP contribution in [0.5, 0.6) is 0 Å². The van der Waals surface area contributed by atoms with Crippen LogP contribution in [0.4, 0.5) is 5.69 Å². The monoisotopic (exact) mass is 415 g/mol. The van der Waals surface area contributed by atoms with Gasteiger partial charge < -0.3 is 0 Å². The van der Waals surface area contributed by atoms with Gasteiger partial charge in [0.15, 0.2) is 0 Å². The van der Waals surface area contributed by atoms with Crippen LogP contribution in [-0.4, -0.2) is 39.0 Å². The quantitative estimate of drug-likeness (QED) is 0.425. The minimum absolute atomic E-state index is 0.0362. The summed E-state index contributed by atoms with van der Waals surface area (Å²) in [6, 6.07) is 8.25. The molecule has 0 bridgehead atoms. The van der Waals surface area contributed by atoms with Crippen LogP contribution in [0.1, 0.15) is 6.92 Å². The third-order valence-corrected chi connectivity index (χ3v) is 7.21. The number of hydrogen-bond donors (Lipinski definition) is 0. The maximum absolute atomic E-state index is 11.9. The Morgan fingerprint density at radius 1 is 1.19 bits per heavy atom. The number of carbonyl (C=O) groups is 2. The van der Waals surface area contributed by atoms with E-state index in [1.165, 1.54) is 10.6 Å². The second-order valence-electron chi connectivity index (χ2n) is 4.74. The van der Waals surface area contributed by atoms with Crippen LogP contribution in [0, 0.1) is 0 Å². The van der Waals surface area contributed by atoms with Crippen molar-refractivity contribution in [2.24, 2.45) is 0 Å². The average Bonchev–Trinajstić information content (AvgIpc) is 2.84. The Morgan fingerprint density at radius 2 is 1.90 bits per heavy atom. The first-order chi connectivity index (χ1) is 10.2. The molecular formula is C16H15NO2STe. The zero-order valence-electron chi connectivity index (χ0n) is 11.7. The summed E-state index contributed by atoms with van der Waals surface area (Å²) in [5, 5.41) is 1.08. The van der Waals surface area contributed by atoms with Gasteiger partial charge in [-0.2, -0.15) is 0 Å². The molecule has 2 aliphatic rings. The van der Waals surface area contributed by atoms with Crippen molar-refractivity contribution in [2.75, 3.05) is 11.4 Å². The van der Waals surface area contributed by atoms with Crippen LogP contribution in [0.2, 0.25) is 8.94 Å². The molecular weight excluding hydrogens is 398 g/mol. The number of fused-ring (bicyclic) bond motifs is 1. The third-order valence-electron chi connectivity index (χ3n) is 3.41. The van der Waals surface area contributed by atoms with E-state index in [0.717, 1.165) is 11.6 Å². The second kappa shape index (κ2) is 6.39. The predicted octanol–water partition coefficient (Wildman–Crippen LogP) is 3.08. The van der Waals surface area contributed by atoms with Gasteiger partial charge in [0.25, 0.3) is 0 Å². The number of carbonyl (C=O) groups excluding carboxylic acids is 2. The number of thioether (sulfide) groups is 1. The van der Waals surface area contributed by atoms with Crippen LogP contribution in [0.3, 0.4) is 0 Å². The number of rotatable bonds is 2. The molecule has 2 heterocycles. The molecule has 0 atom stereocenters. The standard InChI is InChI=1S/C16H15NO2STe/c1-2-17-12-5-3-4-6-15(12)20-16(17)8-7-11-13(18)9-21-10-14(11)19/h3-8H,2,9-10H2,1H3. The van der Waals surface area contributed by atoms with E-state index in [2.05, 4.69) is 24.0 Å². The Labute approximate surface area is 138 Å². The van der Waals surface area contributed by atoms with Crippen molar-refractivity contribution in [3.8, 4) is 0 Å². The molecule has 108 valence electrons. The Morgan fingerprint density at radius 3 is 2.62 bits per heavy atom. The van der Waals surface area contributed by atoms with Gasteiger partial charge in [0.05, 0.1) is 0 Å². The van der Waals surface area contributed by atoms with Crippen LogP contribution >= 0.6 is 11.8 Å². The fourth-order valence-electron chi connectivity index (χ4n) is 2.39. The fraction of sp³-hybridized carbons (Fsp3) is 0.250. The number of para-hydroxylation sites is 1. The second-order valence-corrected chi connectivity index (χ2v) is 8.61. The van der Waals surface area contributed by atoms with Crippen molar-refractivity contribution in [1.82, 2.24) is 0 Å². The zero-order chi connectivity index (χ0) is 14.8. The molecule has 0 saturated carbocycles. The molecule has 0 aliphatic carbocycles. The van der Waals surface area contributed by atoms with Gasteiger partial charge in [-0.1, -0.05) is 0 Å². The summed E-state index contributed by atoms with van der Waals surface area (Å²) in [5.41, 5.74) is 1.59. The van der Waals surface area contributed by atoms with E-state index in [1.807, 2.05) is 18.2 Å². The van der Waals surface area contributed by atoms with Crippen LogP contribution in [-0.2, 0) is 9.59 Å². The van der Waals surface area contributed by atoms with E-state index < -0.39 is 20.9 Å². The number of benzene rings is 1. The van der Waals surface area contributed by atoms with Gasteiger partial charge in [-0.05, 0) is 0 Å². The van der Waals surface area contributed by atoms with E-state index in [0.29, 0.717) is 14.5 Å². The number of allylic oxidation sites excluding steroid dienone is 3. The normalized spacial score (nSPS) is 20.1. The molecule has 1 aromatic rings. The van der Waals surface area contributed by atoms with Gasteiger partial charge in [-0.15, -0.1) is 0 Å². The van der Waals surface area contributed by atoms with E-state index in [1.54, 1.807) is 17.8 Å². The van der Waals surface area contributed by atoms with Crippen molar-refractivity contribution in [1.29, 1.82) is 0 Å². The molecule has 1 fully saturated rings. The van der Waals surface area contributed by atoms with E-state index in [-0.39, 0.29) is 11.6 Å².